The molecule has 25 heavy (non-hydrogen) atoms. The van der Waals surface area contributed by atoms with Crippen LogP contribution < -0.4 is 0 Å². The van der Waals surface area contributed by atoms with Crippen molar-refractivity contribution in [1.29, 1.82) is 0 Å². The van der Waals surface area contributed by atoms with Crippen molar-refractivity contribution in [2.45, 2.75) is 19.4 Å². The van der Waals surface area contributed by atoms with Crippen LogP contribution in [0, 0.1) is 10.1 Å². The average molecular weight is 338 g/mol. The van der Waals surface area contributed by atoms with Gasteiger partial charge < -0.3 is 4.74 Å². The van der Waals surface area contributed by atoms with E-state index in [1.807, 2.05) is 36.4 Å². The Hall–Kier alpha value is -3.35. The summed E-state index contributed by atoms with van der Waals surface area (Å²) in [4.78, 5) is 37.8. The Balaban J connectivity index is 1.83. The lowest BCUT2D eigenvalue weighted by molar-refractivity contribution is -0.501. The van der Waals surface area contributed by atoms with E-state index in [4.69, 9.17) is 4.74 Å². The average Bonchev–Trinajstić information content (AvgIpc) is 2.54. The number of benzene rings is 2. The molecule has 2 aromatic carbocycles. The van der Waals surface area contributed by atoms with Crippen molar-refractivity contribution < 1.29 is 19.2 Å². The summed E-state index contributed by atoms with van der Waals surface area (Å²) >= 11 is 0. The maximum Gasteiger partial charge on any atom is 0.348 e. The van der Waals surface area contributed by atoms with Crippen molar-refractivity contribution in [2.75, 3.05) is 0 Å². The van der Waals surface area contributed by atoms with E-state index in [2.05, 4.69) is 4.99 Å². The van der Waals surface area contributed by atoms with Crippen LogP contribution in [0.1, 0.15) is 12.5 Å². The zero-order valence-electron chi connectivity index (χ0n) is 13.3. The SMILES string of the molecule is CC1=NC(=O)C([N+](=O)[O-])C(OC(=O)Cc2cccc3ccccc23)=C1. The first kappa shape index (κ1) is 16.5. The molecular weight excluding hydrogens is 324 g/mol. The summed E-state index contributed by atoms with van der Waals surface area (Å²) in [5, 5.41) is 13.0. The number of allylic oxidation sites excluding steroid dienone is 1. The van der Waals surface area contributed by atoms with Crippen molar-refractivity contribution in [1.82, 2.24) is 0 Å². The van der Waals surface area contributed by atoms with E-state index in [1.54, 1.807) is 6.07 Å². The minimum absolute atomic E-state index is 0.0620. The molecule has 1 unspecified atom stereocenters. The molecule has 1 heterocycles. The maximum absolute atomic E-state index is 12.3. The number of amides is 1. The Labute approximate surface area is 142 Å². The summed E-state index contributed by atoms with van der Waals surface area (Å²) in [6.07, 6.45) is 1.18. The molecule has 0 spiro atoms. The van der Waals surface area contributed by atoms with Gasteiger partial charge in [0, 0.05) is 16.7 Å². The van der Waals surface area contributed by atoms with Crippen LogP contribution in [0.5, 0.6) is 0 Å². The van der Waals surface area contributed by atoms with Crippen LogP contribution in [0.3, 0.4) is 0 Å². The van der Waals surface area contributed by atoms with Gasteiger partial charge in [-0.2, -0.15) is 0 Å². The van der Waals surface area contributed by atoms with E-state index in [0.717, 1.165) is 16.3 Å². The number of hydrogen-bond donors (Lipinski definition) is 0. The number of carbonyl (C=O) groups excluding carboxylic acids is 2. The monoisotopic (exact) mass is 338 g/mol. The van der Waals surface area contributed by atoms with Gasteiger partial charge in [-0.15, -0.1) is 0 Å². The molecule has 1 amide bonds. The van der Waals surface area contributed by atoms with Gasteiger partial charge in [-0.05, 0) is 23.3 Å². The van der Waals surface area contributed by atoms with E-state index in [1.165, 1.54) is 13.0 Å². The Morgan fingerprint density at radius 2 is 1.96 bits per heavy atom. The lowest BCUT2D eigenvalue weighted by atomic mass is 10.0. The highest BCUT2D eigenvalue weighted by atomic mass is 16.6. The second kappa shape index (κ2) is 6.64. The molecule has 2 aromatic rings. The summed E-state index contributed by atoms with van der Waals surface area (Å²) in [6.45, 7) is 1.51. The first-order valence-electron chi connectivity index (χ1n) is 7.57. The van der Waals surface area contributed by atoms with Crippen LogP contribution in [-0.4, -0.2) is 28.6 Å². The number of carbonyl (C=O) groups is 2. The van der Waals surface area contributed by atoms with E-state index < -0.39 is 22.8 Å². The number of hydrogen-bond acceptors (Lipinski definition) is 5. The molecule has 1 atom stereocenters. The van der Waals surface area contributed by atoms with Gasteiger partial charge in [-0.1, -0.05) is 42.5 Å². The van der Waals surface area contributed by atoms with Crippen LogP contribution in [0.15, 0.2) is 59.3 Å². The van der Waals surface area contributed by atoms with E-state index >= 15 is 0 Å². The predicted molar refractivity (Wildman–Crippen MR) is 90.7 cm³/mol. The predicted octanol–water partition coefficient (Wildman–Crippen LogP) is 2.46. The molecule has 126 valence electrons. The van der Waals surface area contributed by atoms with Gasteiger partial charge in [0.25, 0.3) is 0 Å². The molecular formula is C18H14N2O5. The molecule has 0 aliphatic carbocycles. The molecule has 7 nitrogen and oxygen atoms in total. The van der Waals surface area contributed by atoms with E-state index in [-0.39, 0.29) is 17.9 Å². The summed E-state index contributed by atoms with van der Waals surface area (Å²) in [5.74, 6) is -1.91. The van der Waals surface area contributed by atoms with Crippen LogP contribution in [0.25, 0.3) is 10.8 Å². The van der Waals surface area contributed by atoms with Crippen LogP contribution in [0.4, 0.5) is 0 Å². The molecule has 0 N–H and O–H groups in total. The number of fused-ring (bicyclic) bond motifs is 1. The van der Waals surface area contributed by atoms with Gasteiger partial charge in [0.05, 0.1) is 6.42 Å². The summed E-state index contributed by atoms with van der Waals surface area (Å²) in [7, 11) is 0. The molecule has 0 aromatic heterocycles. The molecule has 0 fully saturated rings. The highest BCUT2D eigenvalue weighted by Gasteiger charge is 2.39. The third kappa shape index (κ3) is 3.45. The largest absolute Gasteiger partial charge is 0.423 e. The van der Waals surface area contributed by atoms with Crippen molar-refractivity contribution >= 4 is 28.4 Å². The molecule has 0 radical (unpaired) electrons. The summed E-state index contributed by atoms with van der Waals surface area (Å²) in [6, 6.07) is 11.3. The topological polar surface area (TPSA) is 98.9 Å². The molecule has 3 rings (SSSR count). The molecule has 0 saturated heterocycles. The normalized spacial score (nSPS) is 17.0. The third-order valence-electron chi connectivity index (χ3n) is 3.80. The first-order chi connectivity index (χ1) is 12.0. The fourth-order valence-electron chi connectivity index (χ4n) is 2.72. The van der Waals surface area contributed by atoms with Crippen molar-refractivity contribution in [2.24, 2.45) is 4.99 Å². The number of nitrogens with zero attached hydrogens (tertiary/aromatic N) is 2. The van der Waals surface area contributed by atoms with Crippen LogP contribution in [0.2, 0.25) is 0 Å². The van der Waals surface area contributed by atoms with Crippen LogP contribution in [-0.2, 0) is 20.7 Å². The third-order valence-corrected chi connectivity index (χ3v) is 3.80. The quantitative estimate of drug-likeness (QED) is 0.484. The molecule has 0 saturated carbocycles. The fraction of sp³-hybridized carbons (Fsp3) is 0.167. The minimum Gasteiger partial charge on any atom is -0.423 e. The number of aliphatic imine (C=N–C) groups is 1. The highest BCUT2D eigenvalue weighted by Crippen LogP contribution is 2.21. The first-order valence-corrected chi connectivity index (χ1v) is 7.57. The molecule has 1 aliphatic rings. The number of esters is 1. The van der Waals surface area contributed by atoms with E-state index in [0.29, 0.717) is 0 Å². The second-order valence-corrected chi connectivity index (χ2v) is 5.62. The number of nitro groups is 1. The lowest BCUT2D eigenvalue weighted by Crippen LogP contribution is -2.35. The Bertz CT molecular complexity index is 940. The zero-order valence-corrected chi connectivity index (χ0v) is 13.3. The highest BCUT2D eigenvalue weighted by molar-refractivity contribution is 6.06. The number of ether oxygens (including phenoxy) is 1. The van der Waals surface area contributed by atoms with E-state index in [9.17, 15) is 19.7 Å². The smallest absolute Gasteiger partial charge is 0.348 e. The summed E-state index contributed by atoms with van der Waals surface area (Å²) in [5.41, 5.74) is 1.00. The van der Waals surface area contributed by atoms with Gasteiger partial charge in [-0.3, -0.25) is 19.7 Å². The van der Waals surface area contributed by atoms with Crippen LogP contribution >= 0.6 is 0 Å². The van der Waals surface area contributed by atoms with Gasteiger partial charge in [0.2, 0.25) is 0 Å². The molecule has 7 heteroatoms. The second-order valence-electron chi connectivity index (χ2n) is 5.62. The van der Waals surface area contributed by atoms with Gasteiger partial charge in [0.15, 0.2) is 5.76 Å². The Morgan fingerprint density at radius 1 is 1.24 bits per heavy atom. The number of dihydropyridines is 1. The maximum atomic E-state index is 12.3. The van der Waals surface area contributed by atoms with Gasteiger partial charge in [0.1, 0.15) is 0 Å². The standard InChI is InChI=1S/C18H14N2O5/c1-11-9-15(17(20(23)24)18(22)19-11)25-16(21)10-13-7-4-6-12-5-2-3-8-14(12)13/h2-9,17H,10H2,1H3. The fourth-order valence-corrected chi connectivity index (χ4v) is 2.72. The van der Waals surface area contributed by atoms with Crippen molar-refractivity contribution in [3.05, 3.63) is 70.0 Å². The van der Waals surface area contributed by atoms with Gasteiger partial charge >= 0.3 is 17.9 Å². The summed E-state index contributed by atoms with van der Waals surface area (Å²) < 4.78 is 5.14. The Morgan fingerprint density at radius 3 is 2.72 bits per heavy atom. The number of rotatable bonds is 4. The Kier molecular flexibility index (Phi) is 4.38. The zero-order chi connectivity index (χ0) is 18.0. The molecule has 1 aliphatic heterocycles. The minimum atomic E-state index is -1.78. The van der Waals surface area contributed by atoms with Crippen molar-refractivity contribution in [3.8, 4) is 0 Å². The van der Waals surface area contributed by atoms with Crippen molar-refractivity contribution in [3.63, 3.8) is 0 Å². The van der Waals surface area contributed by atoms with Gasteiger partial charge in [-0.25, -0.2) is 4.99 Å². The lowest BCUT2D eigenvalue weighted by Gasteiger charge is -2.15. The molecule has 0 bridgehead atoms.